The molecule has 0 aliphatic rings. The van der Waals surface area contributed by atoms with Gasteiger partial charge in [0, 0.05) is 19.8 Å². The topological polar surface area (TPSA) is 134 Å². The van der Waals surface area contributed by atoms with Gasteiger partial charge in [-0.05, 0) is 23.8 Å². The molecule has 8 heteroatoms. The van der Waals surface area contributed by atoms with Crippen molar-refractivity contribution in [3.8, 4) is 12.1 Å². The van der Waals surface area contributed by atoms with E-state index in [9.17, 15) is 14.7 Å². The molecule has 0 bridgehead atoms. The molecule has 0 saturated heterocycles. The van der Waals surface area contributed by atoms with Gasteiger partial charge >= 0.3 is 5.97 Å². The highest BCUT2D eigenvalue weighted by molar-refractivity contribution is 6.20. The zero-order valence-corrected chi connectivity index (χ0v) is 13.4. The molecule has 2 rings (SSSR count). The summed E-state index contributed by atoms with van der Waals surface area (Å²) in [6, 6.07) is 10.3. The molecule has 124 valence electrons. The Morgan fingerprint density at radius 2 is 1.88 bits per heavy atom. The monoisotopic (exact) mass is 335 g/mol. The maximum Gasteiger partial charge on any atom is 0.338 e. The van der Waals surface area contributed by atoms with Gasteiger partial charge in [0.2, 0.25) is 0 Å². The zero-order chi connectivity index (χ0) is 18.6. The van der Waals surface area contributed by atoms with E-state index in [1.807, 2.05) is 19.0 Å². The van der Waals surface area contributed by atoms with Crippen molar-refractivity contribution in [3.05, 3.63) is 57.3 Å². The molecule has 0 aliphatic heterocycles. The second-order valence-electron chi connectivity index (χ2n) is 5.21. The first-order chi connectivity index (χ1) is 11.9. The van der Waals surface area contributed by atoms with Gasteiger partial charge in [0.15, 0.2) is 11.4 Å². The summed E-state index contributed by atoms with van der Waals surface area (Å²) in [5, 5.41) is 27.3. The number of nitriles is 2. The smallest absolute Gasteiger partial charge is 0.338 e. The summed E-state index contributed by atoms with van der Waals surface area (Å²) < 4.78 is 0. The number of hydrogen-bond acceptors (Lipinski definition) is 6. The summed E-state index contributed by atoms with van der Waals surface area (Å²) in [5.74, 6) is -1.37. The number of aliphatic carboxylic acids is 1. The molecule has 0 saturated carbocycles. The van der Waals surface area contributed by atoms with E-state index in [1.54, 1.807) is 36.4 Å². The minimum Gasteiger partial charge on any atom is -0.478 e. The van der Waals surface area contributed by atoms with E-state index in [4.69, 9.17) is 10.5 Å². The zero-order valence-electron chi connectivity index (χ0n) is 13.4. The van der Waals surface area contributed by atoms with Crippen molar-refractivity contribution in [2.24, 2.45) is 0 Å². The van der Waals surface area contributed by atoms with Crippen molar-refractivity contribution in [1.82, 2.24) is 9.97 Å². The Morgan fingerprint density at radius 3 is 2.36 bits per heavy atom. The lowest BCUT2D eigenvalue weighted by molar-refractivity contribution is -0.130. The normalized spacial score (nSPS) is 10.6. The number of carbonyl (C=O) groups is 1. The predicted octanol–water partition coefficient (Wildman–Crippen LogP) is 1.20. The third-order valence-corrected chi connectivity index (χ3v) is 3.34. The third kappa shape index (κ3) is 3.71. The molecule has 1 aromatic heterocycles. The van der Waals surface area contributed by atoms with Crippen molar-refractivity contribution in [2.75, 3.05) is 19.0 Å². The van der Waals surface area contributed by atoms with Crippen LogP contribution < -0.4 is 10.5 Å². The van der Waals surface area contributed by atoms with Crippen LogP contribution in [0.15, 0.2) is 29.1 Å². The number of aromatic amines is 1. The van der Waals surface area contributed by atoms with Crippen molar-refractivity contribution in [3.63, 3.8) is 0 Å². The van der Waals surface area contributed by atoms with Crippen LogP contribution in [0.4, 0.5) is 5.69 Å². The molecule has 0 amide bonds. The fourth-order valence-corrected chi connectivity index (χ4v) is 2.06. The lowest BCUT2D eigenvalue weighted by Gasteiger charge is -2.12. The van der Waals surface area contributed by atoms with Gasteiger partial charge in [-0.25, -0.2) is 9.78 Å². The second-order valence-corrected chi connectivity index (χ2v) is 5.21. The van der Waals surface area contributed by atoms with E-state index < -0.39 is 17.2 Å². The highest BCUT2D eigenvalue weighted by Gasteiger charge is 2.19. The van der Waals surface area contributed by atoms with Crippen LogP contribution in [0.1, 0.15) is 22.6 Å². The van der Waals surface area contributed by atoms with Crippen LogP contribution >= 0.6 is 0 Å². The highest BCUT2D eigenvalue weighted by Crippen LogP contribution is 2.18. The molecule has 0 atom stereocenters. The lowest BCUT2D eigenvalue weighted by atomic mass is 10.1. The fraction of sp³-hybridized carbons (Fsp3) is 0.118. The average molecular weight is 335 g/mol. The number of aromatic nitrogens is 2. The number of nitrogens with one attached hydrogen (secondary N) is 1. The van der Waals surface area contributed by atoms with E-state index in [1.165, 1.54) is 6.08 Å². The number of H-pyrrole nitrogens is 1. The van der Waals surface area contributed by atoms with Crippen LogP contribution in [-0.4, -0.2) is 35.1 Å². The molecule has 0 unspecified atom stereocenters. The first kappa shape index (κ1) is 17.4. The second kappa shape index (κ2) is 7.11. The number of rotatable bonds is 4. The van der Waals surface area contributed by atoms with Crippen LogP contribution in [0.5, 0.6) is 0 Å². The van der Waals surface area contributed by atoms with Crippen LogP contribution in [0, 0.1) is 22.7 Å². The summed E-state index contributed by atoms with van der Waals surface area (Å²) in [7, 11) is 3.74. The van der Waals surface area contributed by atoms with Gasteiger partial charge in [0.1, 0.15) is 17.8 Å². The first-order valence-corrected chi connectivity index (χ1v) is 7.04. The van der Waals surface area contributed by atoms with Crippen LogP contribution in [0.25, 0.3) is 11.6 Å². The van der Waals surface area contributed by atoms with Gasteiger partial charge in [0.05, 0.1) is 5.57 Å². The summed E-state index contributed by atoms with van der Waals surface area (Å²) in [6.07, 6.45) is 1.28. The Bertz CT molecular complexity index is 989. The maximum atomic E-state index is 12.1. The van der Waals surface area contributed by atoms with Crippen LogP contribution in [0.3, 0.4) is 0 Å². The Morgan fingerprint density at radius 1 is 1.24 bits per heavy atom. The van der Waals surface area contributed by atoms with E-state index in [-0.39, 0.29) is 17.0 Å². The van der Waals surface area contributed by atoms with Crippen LogP contribution in [-0.2, 0) is 4.79 Å². The fourth-order valence-electron chi connectivity index (χ4n) is 2.06. The Kier molecular flexibility index (Phi) is 4.96. The maximum absolute atomic E-state index is 12.1. The summed E-state index contributed by atoms with van der Waals surface area (Å²) >= 11 is 0. The molecule has 0 spiro atoms. The van der Waals surface area contributed by atoms with Gasteiger partial charge in [0.25, 0.3) is 5.56 Å². The number of anilines is 1. The molecule has 25 heavy (non-hydrogen) atoms. The van der Waals surface area contributed by atoms with E-state index in [0.29, 0.717) is 5.56 Å². The quantitative estimate of drug-likeness (QED) is 0.802. The van der Waals surface area contributed by atoms with E-state index >= 15 is 0 Å². The van der Waals surface area contributed by atoms with Gasteiger partial charge in [-0.3, -0.25) is 4.79 Å². The number of benzene rings is 1. The molecule has 2 N–H and O–H groups in total. The van der Waals surface area contributed by atoms with Crippen LogP contribution in [0.2, 0.25) is 0 Å². The number of carboxylic acids is 1. The van der Waals surface area contributed by atoms with Crippen molar-refractivity contribution < 1.29 is 9.90 Å². The summed E-state index contributed by atoms with van der Waals surface area (Å²) in [4.78, 5) is 31.4. The van der Waals surface area contributed by atoms with Gasteiger partial charge in [-0.15, -0.1) is 0 Å². The highest BCUT2D eigenvalue weighted by atomic mass is 16.4. The number of hydrogen-bond donors (Lipinski definition) is 2. The van der Waals surface area contributed by atoms with Gasteiger partial charge in [-0.2, -0.15) is 10.5 Å². The molecule has 0 radical (unpaired) electrons. The minimum absolute atomic E-state index is 0.309. The number of nitrogens with zero attached hydrogens (tertiary/aromatic N) is 4. The Hall–Kier alpha value is -3.91. The van der Waals surface area contributed by atoms with Crippen molar-refractivity contribution >= 4 is 23.3 Å². The lowest BCUT2D eigenvalue weighted by Crippen LogP contribution is -2.20. The molecular weight excluding hydrogens is 322 g/mol. The number of carboxylic acid groups (broad SMARTS) is 1. The molecular formula is C17H13N5O3. The van der Waals surface area contributed by atoms with E-state index in [0.717, 1.165) is 5.69 Å². The Labute approximate surface area is 142 Å². The molecule has 0 fully saturated rings. The SMILES string of the molecule is CN(C)c1ccc(/C=C(\C(=O)O)c2nc(C#N)c(C#N)[nH]c2=O)cc1. The van der Waals surface area contributed by atoms with Crippen molar-refractivity contribution in [1.29, 1.82) is 10.5 Å². The van der Waals surface area contributed by atoms with E-state index in [2.05, 4.69) is 9.97 Å². The van der Waals surface area contributed by atoms with Crippen molar-refractivity contribution in [2.45, 2.75) is 0 Å². The molecule has 1 heterocycles. The Balaban J connectivity index is 2.60. The minimum atomic E-state index is -1.37. The third-order valence-electron chi connectivity index (χ3n) is 3.34. The molecule has 1 aromatic carbocycles. The molecule has 2 aromatic rings. The predicted molar refractivity (Wildman–Crippen MR) is 90.6 cm³/mol. The molecule has 8 nitrogen and oxygen atoms in total. The summed E-state index contributed by atoms with van der Waals surface area (Å²) in [5.41, 5.74) is -0.834. The molecule has 0 aliphatic carbocycles. The first-order valence-electron chi connectivity index (χ1n) is 7.04. The standard InChI is InChI=1S/C17H13N5O3/c1-22(2)11-5-3-10(4-6-11)7-12(17(24)25)15-16(23)21-14(9-19)13(8-18)20-15/h3-7H,1-2H3,(H,21,23)(H,24,25)/b12-7-. The van der Waals surface area contributed by atoms with Gasteiger partial charge in [-0.1, -0.05) is 12.1 Å². The van der Waals surface area contributed by atoms with Gasteiger partial charge < -0.3 is 15.0 Å². The summed E-state index contributed by atoms with van der Waals surface area (Å²) in [6.45, 7) is 0. The average Bonchev–Trinajstić information content (AvgIpc) is 2.59. The largest absolute Gasteiger partial charge is 0.478 e.